The van der Waals surface area contributed by atoms with Crippen molar-refractivity contribution in [1.29, 1.82) is 0 Å². The summed E-state index contributed by atoms with van der Waals surface area (Å²) >= 11 is 0. The Labute approximate surface area is 152 Å². The lowest BCUT2D eigenvalue weighted by atomic mass is 10.1. The summed E-state index contributed by atoms with van der Waals surface area (Å²) in [5.41, 5.74) is 1.87. The van der Waals surface area contributed by atoms with Crippen LogP contribution in [0.5, 0.6) is 5.75 Å². The highest BCUT2D eigenvalue weighted by Gasteiger charge is 2.28. The molecule has 0 aliphatic carbocycles. The van der Waals surface area contributed by atoms with Gasteiger partial charge in [-0.3, -0.25) is 4.79 Å². The van der Waals surface area contributed by atoms with Gasteiger partial charge in [-0.05, 0) is 36.2 Å². The zero-order chi connectivity index (χ0) is 18.7. The first-order chi connectivity index (χ1) is 12.3. The monoisotopic (exact) mass is 375 g/mol. The van der Waals surface area contributed by atoms with Gasteiger partial charge in [0, 0.05) is 13.6 Å². The number of ether oxygens (including phenoxy) is 1. The number of nitrogens with two attached hydrogens (primary N) is 1. The number of hydrogen-bond donors (Lipinski definition) is 2. The van der Waals surface area contributed by atoms with Gasteiger partial charge in [0.1, 0.15) is 5.75 Å². The number of nitrogens with zero attached hydrogens (tertiary/aromatic N) is 1. The van der Waals surface area contributed by atoms with E-state index >= 15 is 0 Å². The van der Waals surface area contributed by atoms with Crippen LogP contribution in [-0.4, -0.2) is 40.6 Å². The highest BCUT2D eigenvalue weighted by Crippen LogP contribution is 2.31. The third kappa shape index (κ3) is 4.14. The molecule has 0 fully saturated rings. The van der Waals surface area contributed by atoms with E-state index in [1.807, 2.05) is 36.2 Å². The Morgan fingerprint density at radius 2 is 1.92 bits per heavy atom. The van der Waals surface area contributed by atoms with Gasteiger partial charge in [-0.15, -0.1) is 0 Å². The molecule has 8 heteroatoms. The average Bonchev–Trinajstić information content (AvgIpc) is 2.61. The Hall–Kier alpha value is -2.58. The van der Waals surface area contributed by atoms with Crippen molar-refractivity contribution in [3.63, 3.8) is 0 Å². The second-order valence-corrected chi connectivity index (χ2v) is 7.75. The van der Waals surface area contributed by atoms with E-state index in [0.717, 1.165) is 11.3 Å². The summed E-state index contributed by atoms with van der Waals surface area (Å²) in [5.74, 6) is 0.521. The van der Waals surface area contributed by atoms with Gasteiger partial charge in [-0.25, -0.2) is 13.6 Å². The zero-order valence-corrected chi connectivity index (χ0v) is 15.2. The second kappa shape index (κ2) is 7.35. The van der Waals surface area contributed by atoms with Crippen LogP contribution < -0.4 is 20.1 Å². The minimum atomic E-state index is -3.69. The molecule has 0 aromatic heterocycles. The van der Waals surface area contributed by atoms with Crippen LogP contribution in [0.4, 0.5) is 5.69 Å². The van der Waals surface area contributed by atoms with Gasteiger partial charge in [0.15, 0.2) is 6.10 Å². The van der Waals surface area contributed by atoms with E-state index in [1.54, 1.807) is 12.1 Å². The molecule has 0 unspecified atom stereocenters. The fraction of sp³-hybridized carbons (Fsp3) is 0.278. The van der Waals surface area contributed by atoms with Crippen LogP contribution in [0.1, 0.15) is 5.56 Å². The normalized spacial score (nSPS) is 16.5. The molecule has 7 nitrogen and oxygen atoms in total. The lowest BCUT2D eigenvalue weighted by molar-refractivity contribution is -0.127. The molecular formula is C18H21N3O4S. The number of primary sulfonamides is 1. The zero-order valence-electron chi connectivity index (χ0n) is 14.4. The number of likely N-dealkylation sites (N-methyl/N-ethyl adjacent to an activating group) is 1. The average molecular weight is 375 g/mol. The van der Waals surface area contributed by atoms with E-state index in [0.29, 0.717) is 25.3 Å². The van der Waals surface area contributed by atoms with Crippen LogP contribution in [0, 0.1) is 0 Å². The van der Waals surface area contributed by atoms with Crippen molar-refractivity contribution in [1.82, 2.24) is 5.32 Å². The predicted molar refractivity (Wildman–Crippen MR) is 98.7 cm³/mol. The van der Waals surface area contributed by atoms with Crippen molar-refractivity contribution in [3.05, 3.63) is 54.1 Å². The number of rotatable bonds is 5. The summed E-state index contributed by atoms with van der Waals surface area (Å²) in [6.45, 7) is 0.907. The topological polar surface area (TPSA) is 102 Å². The van der Waals surface area contributed by atoms with E-state index in [-0.39, 0.29) is 10.8 Å². The molecule has 3 N–H and O–H groups in total. The van der Waals surface area contributed by atoms with Gasteiger partial charge < -0.3 is 15.0 Å². The van der Waals surface area contributed by atoms with Crippen LogP contribution >= 0.6 is 0 Å². The third-order valence-electron chi connectivity index (χ3n) is 4.24. The number of nitrogens with one attached hydrogen (secondary N) is 1. The van der Waals surface area contributed by atoms with E-state index in [4.69, 9.17) is 9.88 Å². The highest BCUT2D eigenvalue weighted by atomic mass is 32.2. The quantitative estimate of drug-likeness (QED) is 0.808. The first kappa shape index (κ1) is 18.2. The molecule has 1 aliphatic heterocycles. The van der Waals surface area contributed by atoms with Crippen molar-refractivity contribution in [2.75, 3.05) is 25.0 Å². The Balaban J connectivity index is 1.53. The summed E-state index contributed by atoms with van der Waals surface area (Å²) < 4.78 is 28.3. The maximum atomic E-state index is 12.4. The third-order valence-corrected chi connectivity index (χ3v) is 5.17. The molecule has 1 aliphatic rings. The van der Waals surface area contributed by atoms with E-state index in [2.05, 4.69) is 5.32 Å². The number of hydrogen-bond acceptors (Lipinski definition) is 5. The van der Waals surface area contributed by atoms with Gasteiger partial charge in [0.2, 0.25) is 10.0 Å². The van der Waals surface area contributed by atoms with Gasteiger partial charge in [-0.2, -0.15) is 0 Å². The van der Waals surface area contributed by atoms with Gasteiger partial charge in [-0.1, -0.05) is 24.3 Å². The molecule has 1 heterocycles. The number of fused-ring (bicyclic) bond motifs is 1. The Kier molecular flexibility index (Phi) is 5.15. The summed E-state index contributed by atoms with van der Waals surface area (Å²) in [6.07, 6.45) is 0.00939. The maximum absolute atomic E-state index is 12.4. The first-order valence-corrected chi connectivity index (χ1v) is 9.75. The van der Waals surface area contributed by atoms with E-state index in [9.17, 15) is 13.2 Å². The van der Waals surface area contributed by atoms with Crippen molar-refractivity contribution in [2.24, 2.45) is 5.14 Å². The van der Waals surface area contributed by atoms with Crippen LogP contribution in [0.25, 0.3) is 0 Å². The number of benzene rings is 2. The fourth-order valence-electron chi connectivity index (χ4n) is 2.84. The van der Waals surface area contributed by atoms with Gasteiger partial charge >= 0.3 is 0 Å². The minimum Gasteiger partial charge on any atom is -0.477 e. The molecule has 0 radical (unpaired) electrons. The number of anilines is 1. The Bertz CT molecular complexity index is 897. The molecule has 138 valence electrons. The molecule has 2 aromatic rings. The molecule has 1 atom stereocenters. The highest BCUT2D eigenvalue weighted by molar-refractivity contribution is 7.89. The van der Waals surface area contributed by atoms with Crippen molar-refractivity contribution < 1.29 is 17.9 Å². The Morgan fingerprint density at radius 1 is 1.23 bits per heavy atom. The molecular weight excluding hydrogens is 354 g/mol. The minimum absolute atomic E-state index is 0.0718. The number of para-hydroxylation sites is 2. The van der Waals surface area contributed by atoms with Crippen molar-refractivity contribution >= 4 is 21.6 Å². The summed E-state index contributed by atoms with van der Waals surface area (Å²) in [5, 5.41) is 7.94. The molecule has 0 saturated carbocycles. The molecule has 0 spiro atoms. The van der Waals surface area contributed by atoms with Crippen molar-refractivity contribution in [3.8, 4) is 5.75 Å². The first-order valence-electron chi connectivity index (χ1n) is 8.21. The van der Waals surface area contributed by atoms with Crippen molar-refractivity contribution in [2.45, 2.75) is 17.4 Å². The maximum Gasteiger partial charge on any atom is 0.262 e. The van der Waals surface area contributed by atoms with Gasteiger partial charge in [0.25, 0.3) is 5.91 Å². The number of amides is 1. The van der Waals surface area contributed by atoms with Crippen LogP contribution in [-0.2, 0) is 21.2 Å². The molecule has 2 aromatic carbocycles. The fourth-order valence-corrected chi connectivity index (χ4v) is 3.35. The van der Waals surface area contributed by atoms with Crippen LogP contribution in [0.3, 0.4) is 0 Å². The number of sulfonamides is 1. The standard InChI is InChI=1S/C18H21N3O4S/c1-21-12-17(25-16-5-3-2-4-15(16)21)18(22)20-11-10-13-6-8-14(9-7-13)26(19,23)24/h2-9,17H,10-12H2,1H3,(H,20,22)(H2,19,23,24)/t17-/m0/s1. The largest absolute Gasteiger partial charge is 0.477 e. The molecule has 0 saturated heterocycles. The summed E-state index contributed by atoms with van der Waals surface area (Å²) in [4.78, 5) is 14.4. The van der Waals surface area contributed by atoms with E-state index in [1.165, 1.54) is 12.1 Å². The van der Waals surface area contributed by atoms with E-state index < -0.39 is 16.1 Å². The van der Waals surface area contributed by atoms with Gasteiger partial charge in [0.05, 0.1) is 17.1 Å². The smallest absolute Gasteiger partial charge is 0.262 e. The molecule has 26 heavy (non-hydrogen) atoms. The lowest BCUT2D eigenvalue weighted by Gasteiger charge is -2.32. The molecule has 3 rings (SSSR count). The molecule has 1 amide bonds. The summed E-state index contributed by atoms with van der Waals surface area (Å²) in [7, 11) is -1.76. The van der Waals surface area contributed by atoms with Crippen LogP contribution in [0.15, 0.2) is 53.4 Å². The SMILES string of the molecule is CN1C[C@@H](C(=O)NCCc2ccc(S(N)(=O)=O)cc2)Oc2ccccc21. The lowest BCUT2D eigenvalue weighted by Crippen LogP contribution is -2.48. The van der Waals surface area contributed by atoms with Crippen LogP contribution in [0.2, 0.25) is 0 Å². The predicted octanol–water partition coefficient (Wildman–Crippen LogP) is 0.890. The second-order valence-electron chi connectivity index (χ2n) is 6.18. The number of carbonyl (C=O) groups excluding carboxylic acids is 1. The number of carbonyl (C=O) groups is 1. The summed E-state index contributed by atoms with van der Waals surface area (Å²) in [6, 6.07) is 13.9. The Morgan fingerprint density at radius 3 is 2.62 bits per heavy atom. The molecule has 0 bridgehead atoms.